The van der Waals surface area contributed by atoms with E-state index in [-0.39, 0.29) is 0 Å². The molecule has 0 aliphatic rings. The minimum Gasteiger partial charge on any atom is -0.316 e. The van der Waals surface area contributed by atoms with Crippen LogP contribution in [-0.4, -0.2) is 17.0 Å². The van der Waals surface area contributed by atoms with Crippen molar-refractivity contribution in [3.05, 3.63) is 47.3 Å². The zero-order chi connectivity index (χ0) is 13.0. The third-order valence-corrected chi connectivity index (χ3v) is 3.66. The van der Waals surface area contributed by atoms with Gasteiger partial charge in [0, 0.05) is 29.4 Å². The molecule has 3 nitrogen and oxygen atoms in total. The fourth-order valence-corrected chi connectivity index (χ4v) is 2.49. The summed E-state index contributed by atoms with van der Waals surface area (Å²) in [4.78, 5) is 9.97. The van der Waals surface area contributed by atoms with Crippen LogP contribution in [0.5, 0.6) is 0 Å². The largest absolute Gasteiger partial charge is 0.316 e. The van der Waals surface area contributed by atoms with E-state index in [0.29, 0.717) is 0 Å². The lowest BCUT2D eigenvalue weighted by molar-refractivity contribution is 0.793. The summed E-state index contributed by atoms with van der Waals surface area (Å²) in [6, 6.07) is 6.42. The average molecular weight is 259 g/mol. The second-order valence-corrected chi connectivity index (χ2v) is 5.28. The third-order valence-electron chi connectivity index (χ3n) is 2.61. The highest BCUT2D eigenvalue weighted by Gasteiger charge is 2.04. The smallest absolute Gasteiger partial charge is 0.192 e. The molecule has 0 aliphatic carbocycles. The number of benzene rings is 1. The van der Waals surface area contributed by atoms with Crippen molar-refractivity contribution in [2.45, 2.75) is 30.4 Å². The number of hydrogen-bond donors (Lipinski definition) is 1. The zero-order valence-corrected chi connectivity index (χ0v) is 11.7. The third kappa shape index (κ3) is 3.31. The Hall–Kier alpha value is -1.39. The lowest BCUT2D eigenvalue weighted by Gasteiger charge is -2.06. The molecule has 1 heterocycles. The van der Waals surface area contributed by atoms with E-state index in [4.69, 9.17) is 0 Å². The normalized spacial score (nSPS) is 10.6. The Labute approximate surface area is 112 Å². The van der Waals surface area contributed by atoms with E-state index in [1.165, 1.54) is 16.0 Å². The zero-order valence-electron chi connectivity index (χ0n) is 10.9. The Balaban J connectivity index is 2.15. The van der Waals surface area contributed by atoms with E-state index in [9.17, 15) is 0 Å². The van der Waals surface area contributed by atoms with Crippen molar-refractivity contribution in [3.8, 4) is 0 Å². The summed E-state index contributed by atoms with van der Waals surface area (Å²) in [5, 5.41) is 3.88. The molecule has 94 valence electrons. The Morgan fingerprint density at radius 3 is 2.56 bits per heavy atom. The predicted octanol–water partition coefficient (Wildman–Crippen LogP) is 2.96. The van der Waals surface area contributed by atoms with Crippen LogP contribution < -0.4 is 5.32 Å². The predicted molar refractivity (Wildman–Crippen MR) is 74.8 cm³/mol. The molecule has 1 N–H and O–H groups in total. The fraction of sp³-hybridized carbons (Fsp3) is 0.286. The summed E-state index contributed by atoms with van der Waals surface area (Å²) in [5.74, 6) is 0. The van der Waals surface area contributed by atoms with Gasteiger partial charge in [-0.15, -0.1) is 0 Å². The summed E-state index contributed by atoms with van der Waals surface area (Å²) >= 11 is 1.61. The SMILES string of the molecule is CNCc1cnc(Sc2cc(C)ccc2C)nc1. The Morgan fingerprint density at radius 1 is 1.17 bits per heavy atom. The highest BCUT2D eigenvalue weighted by atomic mass is 32.2. The quantitative estimate of drug-likeness (QED) is 0.857. The Bertz CT molecular complexity index is 523. The van der Waals surface area contributed by atoms with E-state index in [1.807, 2.05) is 19.4 Å². The highest BCUT2D eigenvalue weighted by molar-refractivity contribution is 7.99. The van der Waals surface area contributed by atoms with Crippen LogP contribution in [0.15, 0.2) is 40.6 Å². The van der Waals surface area contributed by atoms with Crippen LogP contribution in [0.4, 0.5) is 0 Å². The second kappa shape index (κ2) is 5.98. The molecule has 2 aromatic rings. The van der Waals surface area contributed by atoms with Crippen molar-refractivity contribution in [2.75, 3.05) is 7.05 Å². The van der Waals surface area contributed by atoms with E-state index in [2.05, 4.69) is 47.3 Å². The van der Waals surface area contributed by atoms with Crippen molar-refractivity contribution in [2.24, 2.45) is 0 Å². The van der Waals surface area contributed by atoms with Crippen LogP contribution in [0.2, 0.25) is 0 Å². The molecule has 0 saturated carbocycles. The summed E-state index contributed by atoms with van der Waals surface area (Å²) in [6.45, 7) is 5.01. The molecule has 0 spiro atoms. The first-order valence-corrected chi connectivity index (χ1v) is 6.71. The first-order chi connectivity index (χ1) is 8.69. The van der Waals surface area contributed by atoms with E-state index in [0.717, 1.165) is 17.3 Å². The summed E-state index contributed by atoms with van der Waals surface area (Å²) < 4.78 is 0. The molecule has 0 atom stereocenters. The van der Waals surface area contributed by atoms with Crippen molar-refractivity contribution in [1.29, 1.82) is 0 Å². The van der Waals surface area contributed by atoms with Gasteiger partial charge in [0.05, 0.1) is 0 Å². The first-order valence-electron chi connectivity index (χ1n) is 5.89. The van der Waals surface area contributed by atoms with Crippen LogP contribution >= 0.6 is 11.8 Å². The monoisotopic (exact) mass is 259 g/mol. The summed E-state index contributed by atoms with van der Waals surface area (Å²) in [6.07, 6.45) is 3.74. The molecule has 0 fully saturated rings. The first kappa shape index (κ1) is 13.1. The summed E-state index contributed by atoms with van der Waals surface area (Å²) in [5.41, 5.74) is 3.62. The van der Waals surface area contributed by atoms with E-state index in [1.54, 1.807) is 11.8 Å². The van der Waals surface area contributed by atoms with Gasteiger partial charge < -0.3 is 5.32 Å². The standard InChI is InChI=1S/C14H17N3S/c1-10-4-5-11(2)13(6-10)18-14-16-8-12(7-15-3)9-17-14/h4-6,8-9,15H,7H2,1-3H3. The number of rotatable bonds is 4. The van der Waals surface area contributed by atoms with E-state index >= 15 is 0 Å². The van der Waals surface area contributed by atoms with Gasteiger partial charge in [0.25, 0.3) is 0 Å². The lowest BCUT2D eigenvalue weighted by atomic mass is 10.2. The average Bonchev–Trinajstić information content (AvgIpc) is 2.37. The van der Waals surface area contributed by atoms with Crippen LogP contribution in [0.1, 0.15) is 16.7 Å². The topological polar surface area (TPSA) is 37.8 Å². The Morgan fingerprint density at radius 2 is 1.89 bits per heavy atom. The molecule has 2 rings (SSSR count). The van der Waals surface area contributed by atoms with Crippen LogP contribution in [0, 0.1) is 13.8 Å². The van der Waals surface area contributed by atoms with Crippen molar-refractivity contribution in [3.63, 3.8) is 0 Å². The number of nitrogens with one attached hydrogen (secondary N) is 1. The Kier molecular flexibility index (Phi) is 4.33. The molecule has 0 unspecified atom stereocenters. The molecule has 4 heteroatoms. The van der Waals surface area contributed by atoms with Crippen molar-refractivity contribution >= 4 is 11.8 Å². The van der Waals surface area contributed by atoms with Gasteiger partial charge in [0.1, 0.15) is 0 Å². The van der Waals surface area contributed by atoms with Gasteiger partial charge in [-0.1, -0.05) is 12.1 Å². The molecule has 0 amide bonds. The maximum atomic E-state index is 4.38. The molecule has 0 aliphatic heterocycles. The van der Waals surface area contributed by atoms with Crippen molar-refractivity contribution in [1.82, 2.24) is 15.3 Å². The minimum absolute atomic E-state index is 0.795. The van der Waals surface area contributed by atoms with Crippen molar-refractivity contribution < 1.29 is 0 Å². The van der Waals surface area contributed by atoms with Gasteiger partial charge in [-0.2, -0.15) is 0 Å². The van der Waals surface area contributed by atoms with Crippen LogP contribution in [-0.2, 0) is 6.54 Å². The number of aryl methyl sites for hydroxylation is 2. The minimum atomic E-state index is 0.795. The van der Waals surface area contributed by atoms with Crippen LogP contribution in [0.25, 0.3) is 0 Å². The summed E-state index contributed by atoms with van der Waals surface area (Å²) in [7, 11) is 1.92. The van der Waals surface area contributed by atoms with Gasteiger partial charge in [-0.3, -0.25) is 0 Å². The molecule has 0 bridgehead atoms. The van der Waals surface area contributed by atoms with Gasteiger partial charge in [-0.05, 0) is 49.9 Å². The molecule has 18 heavy (non-hydrogen) atoms. The maximum absolute atomic E-state index is 4.38. The van der Waals surface area contributed by atoms with Gasteiger partial charge in [0.15, 0.2) is 5.16 Å². The fourth-order valence-electron chi connectivity index (χ4n) is 1.61. The van der Waals surface area contributed by atoms with Gasteiger partial charge in [0.2, 0.25) is 0 Å². The molecule has 1 aromatic heterocycles. The number of nitrogens with zero attached hydrogens (tertiary/aromatic N) is 2. The molecule has 0 saturated heterocycles. The molecule has 1 aromatic carbocycles. The lowest BCUT2D eigenvalue weighted by Crippen LogP contribution is -2.05. The second-order valence-electron chi connectivity index (χ2n) is 4.28. The van der Waals surface area contributed by atoms with Gasteiger partial charge >= 0.3 is 0 Å². The number of aromatic nitrogens is 2. The van der Waals surface area contributed by atoms with E-state index < -0.39 is 0 Å². The van der Waals surface area contributed by atoms with Crippen LogP contribution in [0.3, 0.4) is 0 Å². The molecular weight excluding hydrogens is 242 g/mol. The maximum Gasteiger partial charge on any atom is 0.192 e. The van der Waals surface area contributed by atoms with Gasteiger partial charge in [-0.25, -0.2) is 9.97 Å². The number of hydrogen-bond acceptors (Lipinski definition) is 4. The highest BCUT2D eigenvalue weighted by Crippen LogP contribution is 2.28. The molecular formula is C14H17N3S. The molecule has 0 radical (unpaired) electrons.